The van der Waals surface area contributed by atoms with E-state index in [-0.39, 0.29) is 0 Å². The lowest BCUT2D eigenvalue weighted by Crippen LogP contribution is -2.22. The Morgan fingerprint density at radius 3 is 2.32 bits per heavy atom. The first-order chi connectivity index (χ1) is 9.25. The van der Waals surface area contributed by atoms with Gasteiger partial charge in [0, 0.05) is 16.2 Å². The number of unbranched alkanes of at least 4 members (excludes halogenated alkanes) is 6. The minimum Gasteiger partial charge on any atom is -0.299 e. The lowest BCUT2D eigenvalue weighted by molar-refractivity contribution is 0.258. The summed E-state index contributed by atoms with van der Waals surface area (Å²) in [7, 11) is 2.25. The summed E-state index contributed by atoms with van der Waals surface area (Å²) in [5.41, 5.74) is 0. The largest absolute Gasteiger partial charge is 0.299 e. The summed E-state index contributed by atoms with van der Waals surface area (Å²) in [5.74, 6) is 0. The number of nitrogens with zero attached hydrogens (tertiary/aromatic N) is 1. The molecule has 0 aliphatic heterocycles. The topological polar surface area (TPSA) is 3.24 Å². The van der Waals surface area contributed by atoms with E-state index in [1.807, 2.05) is 11.3 Å². The summed E-state index contributed by atoms with van der Waals surface area (Å²) < 4.78 is 0. The zero-order valence-electron chi connectivity index (χ0n) is 12.4. The normalized spacial score (nSPS) is 13.1. The van der Waals surface area contributed by atoms with E-state index in [1.165, 1.54) is 61.7 Å². The van der Waals surface area contributed by atoms with Gasteiger partial charge in [0.2, 0.25) is 0 Å². The third kappa shape index (κ3) is 7.48. The molecule has 3 heteroatoms. The maximum absolute atomic E-state index is 3.48. The maximum atomic E-state index is 3.48. The van der Waals surface area contributed by atoms with Crippen molar-refractivity contribution in [2.24, 2.45) is 0 Å². The Balaban J connectivity index is 2.00. The molecule has 0 aromatic carbocycles. The molecule has 1 aromatic rings. The van der Waals surface area contributed by atoms with Crippen molar-refractivity contribution >= 4 is 27.3 Å². The molecule has 0 amide bonds. The minimum absolute atomic E-state index is 0.568. The molecule has 0 fully saturated rings. The third-order valence-electron chi connectivity index (χ3n) is 3.76. The van der Waals surface area contributed by atoms with Crippen LogP contribution in [0.1, 0.15) is 62.8 Å². The Hall–Kier alpha value is 0.140. The molecule has 110 valence electrons. The summed E-state index contributed by atoms with van der Waals surface area (Å²) in [6.07, 6.45) is 9.68. The fourth-order valence-corrected chi connectivity index (χ4v) is 3.52. The SMILES string of the molecule is CC(c1cccs1)N(C)CCCCCCCCCBr. The van der Waals surface area contributed by atoms with Crippen LogP contribution in [0.3, 0.4) is 0 Å². The van der Waals surface area contributed by atoms with Crippen molar-refractivity contribution in [1.29, 1.82) is 0 Å². The number of hydrogen-bond donors (Lipinski definition) is 0. The van der Waals surface area contributed by atoms with E-state index in [1.54, 1.807) is 0 Å². The average molecular weight is 346 g/mol. The standard InChI is InChI=1S/C16H28BrNS/c1-15(16-11-10-14-19-16)18(2)13-9-7-5-3-4-6-8-12-17/h10-11,14-15H,3-9,12-13H2,1-2H3. The zero-order chi connectivity index (χ0) is 13.9. The summed E-state index contributed by atoms with van der Waals surface area (Å²) in [5, 5.41) is 3.34. The molecule has 1 heterocycles. The Bertz CT molecular complexity index is 300. The minimum atomic E-state index is 0.568. The number of halogens is 1. The van der Waals surface area contributed by atoms with E-state index >= 15 is 0 Å². The Morgan fingerprint density at radius 1 is 1.11 bits per heavy atom. The summed E-state index contributed by atoms with van der Waals surface area (Å²) in [4.78, 5) is 3.97. The fourth-order valence-electron chi connectivity index (χ4n) is 2.28. The van der Waals surface area contributed by atoms with Gasteiger partial charge in [-0.15, -0.1) is 11.3 Å². The van der Waals surface area contributed by atoms with Crippen LogP contribution in [0.15, 0.2) is 17.5 Å². The first-order valence-electron chi connectivity index (χ1n) is 7.55. The quantitative estimate of drug-likeness (QED) is 0.358. The van der Waals surface area contributed by atoms with Crippen molar-refractivity contribution < 1.29 is 0 Å². The van der Waals surface area contributed by atoms with Gasteiger partial charge in [-0.2, -0.15) is 0 Å². The van der Waals surface area contributed by atoms with Gasteiger partial charge in [-0.05, 0) is 44.8 Å². The molecule has 0 bridgehead atoms. The number of rotatable bonds is 11. The van der Waals surface area contributed by atoms with Gasteiger partial charge in [-0.3, -0.25) is 4.90 Å². The van der Waals surface area contributed by atoms with Crippen LogP contribution in [0.25, 0.3) is 0 Å². The van der Waals surface area contributed by atoms with Gasteiger partial charge in [0.15, 0.2) is 0 Å². The van der Waals surface area contributed by atoms with Crippen molar-refractivity contribution in [3.05, 3.63) is 22.4 Å². The van der Waals surface area contributed by atoms with Crippen molar-refractivity contribution in [2.45, 2.75) is 57.9 Å². The van der Waals surface area contributed by atoms with Crippen LogP contribution in [0.5, 0.6) is 0 Å². The lowest BCUT2D eigenvalue weighted by Gasteiger charge is -2.23. The molecule has 0 N–H and O–H groups in total. The van der Waals surface area contributed by atoms with Crippen LogP contribution in [0.2, 0.25) is 0 Å². The average Bonchev–Trinajstić information content (AvgIpc) is 2.94. The van der Waals surface area contributed by atoms with Gasteiger partial charge in [0.25, 0.3) is 0 Å². The van der Waals surface area contributed by atoms with Crippen LogP contribution in [-0.2, 0) is 0 Å². The molecule has 19 heavy (non-hydrogen) atoms. The van der Waals surface area contributed by atoms with Gasteiger partial charge in [0.1, 0.15) is 0 Å². The van der Waals surface area contributed by atoms with Crippen molar-refractivity contribution in [3.8, 4) is 0 Å². The smallest absolute Gasteiger partial charge is 0.0410 e. The first-order valence-corrected chi connectivity index (χ1v) is 9.55. The van der Waals surface area contributed by atoms with Gasteiger partial charge in [-0.1, -0.05) is 54.1 Å². The van der Waals surface area contributed by atoms with Gasteiger partial charge in [0.05, 0.1) is 0 Å². The molecule has 0 radical (unpaired) electrons. The Morgan fingerprint density at radius 2 is 1.74 bits per heavy atom. The van der Waals surface area contributed by atoms with E-state index in [9.17, 15) is 0 Å². The maximum Gasteiger partial charge on any atom is 0.0410 e. The fraction of sp³-hybridized carbons (Fsp3) is 0.750. The van der Waals surface area contributed by atoms with Gasteiger partial charge in [-0.25, -0.2) is 0 Å². The molecule has 0 saturated heterocycles. The van der Waals surface area contributed by atoms with E-state index in [0.29, 0.717) is 6.04 Å². The van der Waals surface area contributed by atoms with Crippen LogP contribution < -0.4 is 0 Å². The molecule has 1 nitrogen and oxygen atoms in total. The van der Waals surface area contributed by atoms with E-state index in [4.69, 9.17) is 0 Å². The molecular weight excluding hydrogens is 318 g/mol. The second kappa shape index (κ2) is 10.9. The predicted octanol–water partition coefficient (Wildman–Crippen LogP) is 5.87. The number of hydrogen-bond acceptors (Lipinski definition) is 2. The number of alkyl halides is 1. The highest BCUT2D eigenvalue weighted by atomic mass is 79.9. The van der Waals surface area contributed by atoms with E-state index < -0.39 is 0 Å². The summed E-state index contributed by atoms with van der Waals surface area (Å²) in [6.45, 7) is 3.53. The molecule has 0 aliphatic carbocycles. The zero-order valence-corrected chi connectivity index (χ0v) is 14.8. The summed E-state index contributed by atoms with van der Waals surface area (Å²) in [6, 6.07) is 4.96. The van der Waals surface area contributed by atoms with E-state index in [2.05, 4.69) is 52.3 Å². The summed E-state index contributed by atoms with van der Waals surface area (Å²) >= 11 is 5.35. The van der Waals surface area contributed by atoms with Crippen LogP contribution in [0.4, 0.5) is 0 Å². The van der Waals surface area contributed by atoms with E-state index in [0.717, 1.165) is 0 Å². The number of thiophene rings is 1. The predicted molar refractivity (Wildman–Crippen MR) is 91.5 cm³/mol. The Labute approximate surface area is 131 Å². The van der Waals surface area contributed by atoms with Crippen molar-refractivity contribution in [1.82, 2.24) is 4.90 Å². The van der Waals surface area contributed by atoms with Crippen LogP contribution >= 0.6 is 27.3 Å². The highest BCUT2D eigenvalue weighted by molar-refractivity contribution is 9.09. The van der Waals surface area contributed by atoms with Crippen LogP contribution in [-0.4, -0.2) is 23.8 Å². The van der Waals surface area contributed by atoms with Gasteiger partial charge < -0.3 is 0 Å². The molecule has 1 aromatic heterocycles. The first kappa shape index (κ1) is 17.2. The third-order valence-corrected chi connectivity index (χ3v) is 5.36. The molecule has 0 spiro atoms. The molecule has 0 saturated carbocycles. The van der Waals surface area contributed by atoms with Gasteiger partial charge >= 0.3 is 0 Å². The second-order valence-corrected chi connectivity index (χ2v) is 7.11. The van der Waals surface area contributed by atoms with Crippen molar-refractivity contribution in [3.63, 3.8) is 0 Å². The highest BCUT2D eigenvalue weighted by Gasteiger charge is 2.11. The molecule has 1 unspecified atom stereocenters. The van der Waals surface area contributed by atoms with Crippen molar-refractivity contribution in [2.75, 3.05) is 18.9 Å². The lowest BCUT2D eigenvalue weighted by atomic mass is 10.1. The molecular formula is C16H28BrNS. The monoisotopic (exact) mass is 345 g/mol. The van der Waals surface area contributed by atoms with Crippen LogP contribution in [0, 0.1) is 0 Å². The molecule has 1 atom stereocenters. The Kier molecular flexibility index (Phi) is 9.84. The second-order valence-electron chi connectivity index (χ2n) is 5.34. The molecule has 1 rings (SSSR count). The highest BCUT2D eigenvalue weighted by Crippen LogP contribution is 2.23. The molecule has 0 aliphatic rings.